The van der Waals surface area contributed by atoms with E-state index in [0.717, 1.165) is 49.7 Å². The molecule has 0 spiro atoms. The molecule has 1 aromatic carbocycles. The van der Waals surface area contributed by atoms with Crippen molar-refractivity contribution in [3.05, 3.63) is 35.9 Å². The fraction of sp³-hybridized carbons (Fsp3) is 0.500. The molecule has 1 rings (SSSR count). The van der Waals surface area contributed by atoms with Crippen molar-refractivity contribution >= 4 is 5.97 Å². The number of benzene rings is 1. The Labute approximate surface area is 127 Å². The highest BCUT2D eigenvalue weighted by Crippen LogP contribution is 2.31. The summed E-state index contributed by atoms with van der Waals surface area (Å²) in [7, 11) is 0. The smallest absolute Gasteiger partial charge is 0.310 e. The van der Waals surface area contributed by atoms with Crippen LogP contribution in [0.5, 0.6) is 11.5 Å². The van der Waals surface area contributed by atoms with Crippen LogP contribution in [-0.2, 0) is 17.6 Å². The van der Waals surface area contributed by atoms with Crippen molar-refractivity contribution in [1.82, 2.24) is 0 Å². The number of unbranched alkanes of at least 4 members (excludes halogenated alkanes) is 2. The van der Waals surface area contributed by atoms with Crippen molar-refractivity contribution in [2.75, 3.05) is 0 Å². The quantitative estimate of drug-likeness (QED) is 0.314. The molecule has 0 aromatic heterocycles. The molecule has 0 fully saturated rings. The molecule has 0 aliphatic carbocycles. The van der Waals surface area contributed by atoms with Crippen LogP contribution in [0.15, 0.2) is 24.8 Å². The summed E-state index contributed by atoms with van der Waals surface area (Å²) in [5.41, 5.74) is 1.72. The molecule has 0 bridgehead atoms. The SMILES string of the molecule is C=CCCCc1cc(OC(=O)CC)cc(CCCC)c1O. The Morgan fingerprint density at radius 3 is 2.38 bits per heavy atom. The van der Waals surface area contributed by atoms with E-state index in [1.54, 1.807) is 19.1 Å². The van der Waals surface area contributed by atoms with Gasteiger partial charge in [-0.25, -0.2) is 0 Å². The second kappa shape index (κ2) is 9.22. The van der Waals surface area contributed by atoms with Gasteiger partial charge in [0.15, 0.2) is 0 Å². The Morgan fingerprint density at radius 2 is 1.86 bits per heavy atom. The topological polar surface area (TPSA) is 46.5 Å². The highest BCUT2D eigenvalue weighted by molar-refractivity contribution is 5.72. The number of phenolic OH excluding ortho intramolecular Hbond substituents is 1. The largest absolute Gasteiger partial charge is 0.507 e. The normalized spacial score (nSPS) is 10.4. The molecule has 0 amide bonds. The maximum atomic E-state index is 11.5. The van der Waals surface area contributed by atoms with Crippen LogP contribution in [0.25, 0.3) is 0 Å². The third-order valence-corrected chi connectivity index (χ3v) is 3.42. The molecule has 0 radical (unpaired) electrons. The molecule has 3 nitrogen and oxygen atoms in total. The molecular formula is C18H26O3. The van der Waals surface area contributed by atoms with Crippen molar-refractivity contribution in [3.8, 4) is 11.5 Å². The summed E-state index contributed by atoms with van der Waals surface area (Å²) in [6, 6.07) is 3.57. The number of rotatable bonds is 9. The van der Waals surface area contributed by atoms with Crippen LogP contribution in [0.1, 0.15) is 57.1 Å². The molecule has 0 unspecified atom stereocenters. The maximum absolute atomic E-state index is 11.5. The lowest BCUT2D eigenvalue weighted by atomic mass is 9.99. The van der Waals surface area contributed by atoms with Crippen LogP contribution in [0.2, 0.25) is 0 Å². The molecule has 3 heteroatoms. The zero-order chi connectivity index (χ0) is 15.7. The predicted molar refractivity (Wildman–Crippen MR) is 85.8 cm³/mol. The minimum atomic E-state index is -0.251. The number of esters is 1. The number of aromatic hydroxyl groups is 1. The fourth-order valence-electron chi connectivity index (χ4n) is 2.18. The van der Waals surface area contributed by atoms with Crippen LogP contribution in [-0.4, -0.2) is 11.1 Å². The molecular weight excluding hydrogens is 264 g/mol. The summed E-state index contributed by atoms with van der Waals surface area (Å²) in [4.78, 5) is 11.5. The lowest BCUT2D eigenvalue weighted by Gasteiger charge is -2.13. The van der Waals surface area contributed by atoms with E-state index in [1.165, 1.54) is 0 Å². The molecule has 0 saturated carbocycles. The van der Waals surface area contributed by atoms with Crippen molar-refractivity contribution in [3.63, 3.8) is 0 Å². The van der Waals surface area contributed by atoms with E-state index in [2.05, 4.69) is 13.5 Å². The van der Waals surface area contributed by atoms with Gasteiger partial charge < -0.3 is 9.84 Å². The number of aryl methyl sites for hydroxylation is 2. The van der Waals surface area contributed by atoms with Gasteiger partial charge in [-0.1, -0.05) is 26.3 Å². The molecule has 0 saturated heterocycles. The Balaban J connectivity index is 2.99. The van der Waals surface area contributed by atoms with Crippen molar-refractivity contribution in [2.45, 2.75) is 58.8 Å². The maximum Gasteiger partial charge on any atom is 0.310 e. The summed E-state index contributed by atoms with van der Waals surface area (Å²) < 4.78 is 5.32. The summed E-state index contributed by atoms with van der Waals surface area (Å²) in [5.74, 6) is 0.641. The Hall–Kier alpha value is -1.77. The number of carbonyl (C=O) groups excluding carboxylic acids is 1. The lowest BCUT2D eigenvalue weighted by Crippen LogP contribution is -2.06. The fourth-order valence-corrected chi connectivity index (χ4v) is 2.18. The van der Waals surface area contributed by atoms with E-state index >= 15 is 0 Å². The molecule has 0 heterocycles. The molecule has 0 atom stereocenters. The minimum absolute atomic E-state index is 0.251. The van der Waals surface area contributed by atoms with E-state index in [4.69, 9.17) is 4.74 Å². The van der Waals surface area contributed by atoms with Crippen LogP contribution < -0.4 is 4.74 Å². The van der Waals surface area contributed by atoms with Gasteiger partial charge in [-0.2, -0.15) is 0 Å². The number of carbonyl (C=O) groups is 1. The van der Waals surface area contributed by atoms with Gasteiger partial charge in [0.2, 0.25) is 0 Å². The van der Waals surface area contributed by atoms with E-state index in [1.807, 2.05) is 6.08 Å². The van der Waals surface area contributed by atoms with Crippen molar-refractivity contribution in [2.24, 2.45) is 0 Å². The first kappa shape index (κ1) is 17.3. The second-order valence-electron chi connectivity index (χ2n) is 5.20. The van der Waals surface area contributed by atoms with E-state index in [9.17, 15) is 9.90 Å². The summed E-state index contributed by atoms with van der Waals surface area (Å²) >= 11 is 0. The first-order valence-electron chi connectivity index (χ1n) is 7.78. The first-order valence-corrected chi connectivity index (χ1v) is 7.78. The van der Waals surface area contributed by atoms with Gasteiger partial charge in [0, 0.05) is 6.42 Å². The average Bonchev–Trinajstić information content (AvgIpc) is 2.48. The average molecular weight is 290 g/mol. The third kappa shape index (κ3) is 5.62. The lowest BCUT2D eigenvalue weighted by molar-refractivity contribution is -0.134. The zero-order valence-corrected chi connectivity index (χ0v) is 13.2. The van der Waals surface area contributed by atoms with Gasteiger partial charge in [-0.05, 0) is 55.4 Å². The van der Waals surface area contributed by atoms with Crippen molar-refractivity contribution < 1.29 is 14.6 Å². The molecule has 0 aliphatic rings. The number of ether oxygens (including phenoxy) is 1. The summed E-state index contributed by atoms with van der Waals surface area (Å²) in [6.07, 6.45) is 7.67. The molecule has 0 aliphatic heterocycles. The van der Waals surface area contributed by atoms with Gasteiger partial charge in [0.1, 0.15) is 11.5 Å². The first-order chi connectivity index (χ1) is 10.1. The van der Waals surface area contributed by atoms with E-state index in [0.29, 0.717) is 17.9 Å². The Kier molecular flexibility index (Phi) is 7.59. The number of hydrogen-bond acceptors (Lipinski definition) is 3. The number of phenols is 1. The zero-order valence-electron chi connectivity index (χ0n) is 13.2. The summed E-state index contributed by atoms with van der Waals surface area (Å²) in [5, 5.41) is 10.4. The Morgan fingerprint density at radius 1 is 1.24 bits per heavy atom. The molecule has 21 heavy (non-hydrogen) atoms. The standard InChI is InChI=1S/C18H26O3/c1-4-7-9-11-15-13-16(21-17(19)6-3)12-14(18(15)20)10-8-5-2/h4,12-13,20H,1,5-11H2,2-3H3. The van der Waals surface area contributed by atoms with E-state index < -0.39 is 0 Å². The highest BCUT2D eigenvalue weighted by Gasteiger charge is 2.12. The van der Waals surface area contributed by atoms with Crippen LogP contribution in [0, 0.1) is 0 Å². The van der Waals surface area contributed by atoms with Gasteiger partial charge in [-0.15, -0.1) is 6.58 Å². The van der Waals surface area contributed by atoms with Gasteiger partial charge in [-0.3, -0.25) is 4.79 Å². The van der Waals surface area contributed by atoms with Gasteiger partial charge in [0.25, 0.3) is 0 Å². The van der Waals surface area contributed by atoms with Gasteiger partial charge in [0.05, 0.1) is 0 Å². The van der Waals surface area contributed by atoms with E-state index in [-0.39, 0.29) is 5.97 Å². The van der Waals surface area contributed by atoms with Crippen LogP contribution in [0.4, 0.5) is 0 Å². The molecule has 116 valence electrons. The number of hydrogen-bond donors (Lipinski definition) is 1. The third-order valence-electron chi connectivity index (χ3n) is 3.42. The van der Waals surface area contributed by atoms with Crippen LogP contribution in [0.3, 0.4) is 0 Å². The summed E-state index contributed by atoms with van der Waals surface area (Å²) in [6.45, 7) is 7.59. The second-order valence-corrected chi connectivity index (χ2v) is 5.20. The minimum Gasteiger partial charge on any atom is -0.507 e. The molecule has 1 aromatic rings. The molecule has 1 N–H and O–H groups in total. The van der Waals surface area contributed by atoms with Gasteiger partial charge >= 0.3 is 5.97 Å². The Bertz CT molecular complexity index is 478. The number of allylic oxidation sites excluding steroid dienone is 1. The van der Waals surface area contributed by atoms with Crippen LogP contribution >= 0.6 is 0 Å². The predicted octanol–water partition coefficient (Wildman–Crippen LogP) is 4.56. The van der Waals surface area contributed by atoms with Crippen molar-refractivity contribution in [1.29, 1.82) is 0 Å². The monoisotopic (exact) mass is 290 g/mol. The highest BCUT2D eigenvalue weighted by atomic mass is 16.5.